The second-order valence-electron chi connectivity index (χ2n) is 3.21. The van der Waals surface area contributed by atoms with Gasteiger partial charge in [-0.3, -0.25) is 4.79 Å². The molecule has 0 aromatic rings. The highest BCUT2D eigenvalue weighted by Gasteiger charge is 2.09. The third-order valence-electron chi connectivity index (χ3n) is 1.82. The fourth-order valence-corrected chi connectivity index (χ4v) is 0.979. The SMILES string of the molecule is CCCN(C)C(=O)OCCN(C)C(=O)Cl. The molecular formula is C9H17ClN2O3. The van der Waals surface area contributed by atoms with E-state index in [9.17, 15) is 9.59 Å². The molecule has 88 valence electrons. The number of ether oxygens (including phenoxy) is 1. The van der Waals surface area contributed by atoms with Gasteiger partial charge in [-0.2, -0.15) is 0 Å². The van der Waals surface area contributed by atoms with Crippen LogP contribution in [0.15, 0.2) is 0 Å². The molecule has 0 fully saturated rings. The molecule has 0 spiro atoms. The summed E-state index contributed by atoms with van der Waals surface area (Å²) in [5, 5.41) is -0.562. The molecule has 0 saturated heterocycles. The van der Waals surface area contributed by atoms with Gasteiger partial charge in [-0.05, 0) is 18.0 Å². The lowest BCUT2D eigenvalue weighted by atomic mass is 10.5. The van der Waals surface area contributed by atoms with E-state index in [0.29, 0.717) is 13.1 Å². The molecule has 0 bridgehead atoms. The number of carbonyl (C=O) groups excluding carboxylic acids is 2. The zero-order valence-corrected chi connectivity index (χ0v) is 10.1. The molecule has 0 N–H and O–H groups in total. The van der Waals surface area contributed by atoms with Crippen LogP contribution in [-0.4, -0.2) is 55.1 Å². The van der Waals surface area contributed by atoms with Crippen LogP contribution in [0.1, 0.15) is 13.3 Å². The molecule has 5 nitrogen and oxygen atoms in total. The normalized spacial score (nSPS) is 9.60. The Hall–Kier alpha value is -0.970. The molecule has 0 aliphatic carbocycles. The van der Waals surface area contributed by atoms with Gasteiger partial charge < -0.3 is 14.5 Å². The first-order valence-electron chi connectivity index (χ1n) is 4.77. The van der Waals surface area contributed by atoms with Crippen LogP contribution in [0.4, 0.5) is 9.59 Å². The molecule has 0 unspecified atom stereocenters. The summed E-state index contributed by atoms with van der Waals surface area (Å²) in [6.07, 6.45) is 0.498. The Balaban J connectivity index is 3.67. The van der Waals surface area contributed by atoms with Crippen molar-refractivity contribution in [1.29, 1.82) is 0 Å². The monoisotopic (exact) mass is 236 g/mol. The van der Waals surface area contributed by atoms with Gasteiger partial charge in [0.25, 0.3) is 0 Å². The summed E-state index contributed by atoms with van der Waals surface area (Å²) in [6, 6.07) is 0. The van der Waals surface area contributed by atoms with Crippen LogP contribution in [0, 0.1) is 0 Å². The van der Waals surface area contributed by atoms with Crippen LogP contribution in [0.25, 0.3) is 0 Å². The van der Waals surface area contributed by atoms with E-state index in [1.165, 1.54) is 9.80 Å². The van der Waals surface area contributed by atoms with Crippen LogP contribution < -0.4 is 0 Å². The number of hydrogen-bond acceptors (Lipinski definition) is 3. The van der Waals surface area contributed by atoms with Crippen molar-refractivity contribution in [3.05, 3.63) is 0 Å². The Morgan fingerprint density at radius 3 is 2.27 bits per heavy atom. The number of halogens is 1. The van der Waals surface area contributed by atoms with E-state index >= 15 is 0 Å². The third-order valence-corrected chi connectivity index (χ3v) is 2.11. The van der Waals surface area contributed by atoms with E-state index in [2.05, 4.69) is 0 Å². The average molecular weight is 237 g/mol. The predicted octanol–water partition coefficient (Wildman–Crippen LogP) is 1.76. The number of nitrogens with zero attached hydrogens (tertiary/aromatic N) is 2. The Morgan fingerprint density at radius 1 is 1.20 bits per heavy atom. The number of hydrogen-bond donors (Lipinski definition) is 0. The highest BCUT2D eigenvalue weighted by molar-refractivity contribution is 6.62. The summed E-state index contributed by atoms with van der Waals surface area (Å²) in [4.78, 5) is 24.6. The van der Waals surface area contributed by atoms with Crippen LogP contribution in [0.3, 0.4) is 0 Å². The lowest BCUT2D eigenvalue weighted by Crippen LogP contribution is -2.32. The predicted molar refractivity (Wildman–Crippen MR) is 58.1 cm³/mol. The van der Waals surface area contributed by atoms with E-state index in [4.69, 9.17) is 16.3 Å². The van der Waals surface area contributed by atoms with Gasteiger partial charge in [0.2, 0.25) is 0 Å². The molecule has 0 aromatic heterocycles. The van der Waals surface area contributed by atoms with Crippen LogP contribution in [0.2, 0.25) is 0 Å². The maximum absolute atomic E-state index is 11.3. The largest absolute Gasteiger partial charge is 0.448 e. The minimum absolute atomic E-state index is 0.155. The lowest BCUT2D eigenvalue weighted by Gasteiger charge is -2.17. The first-order valence-corrected chi connectivity index (χ1v) is 5.15. The second-order valence-corrected chi connectivity index (χ2v) is 3.53. The van der Waals surface area contributed by atoms with Crippen molar-refractivity contribution in [3.8, 4) is 0 Å². The van der Waals surface area contributed by atoms with Crippen LogP contribution >= 0.6 is 11.6 Å². The highest BCUT2D eigenvalue weighted by Crippen LogP contribution is 1.95. The van der Waals surface area contributed by atoms with Gasteiger partial charge >= 0.3 is 11.5 Å². The Kier molecular flexibility index (Phi) is 6.86. The zero-order chi connectivity index (χ0) is 11.8. The van der Waals surface area contributed by atoms with E-state index in [-0.39, 0.29) is 12.7 Å². The standard InChI is InChI=1S/C9H17ClN2O3/c1-4-5-12(3)9(14)15-7-6-11(2)8(10)13/h4-7H2,1-3H3. The summed E-state index contributed by atoms with van der Waals surface area (Å²) in [5.41, 5.74) is 0. The minimum atomic E-state index is -0.562. The smallest absolute Gasteiger partial charge is 0.409 e. The van der Waals surface area contributed by atoms with Crippen molar-refractivity contribution in [1.82, 2.24) is 9.80 Å². The summed E-state index contributed by atoms with van der Waals surface area (Å²) in [5.74, 6) is 0. The van der Waals surface area contributed by atoms with E-state index in [0.717, 1.165) is 6.42 Å². The molecule has 0 aromatic carbocycles. The number of carbonyl (C=O) groups is 2. The Labute approximate surface area is 94.9 Å². The lowest BCUT2D eigenvalue weighted by molar-refractivity contribution is 0.105. The topological polar surface area (TPSA) is 49.9 Å². The number of rotatable bonds is 5. The first kappa shape index (κ1) is 14.0. The van der Waals surface area contributed by atoms with Crippen molar-refractivity contribution in [3.63, 3.8) is 0 Å². The third kappa shape index (κ3) is 6.17. The molecule has 0 radical (unpaired) electrons. The molecular weight excluding hydrogens is 220 g/mol. The maximum Gasteiger partial charge on any atom is 0.409 e. The number of amides is 2. The summed E-state index contributed by atoms with van der Waals surface area (Å²) in [6.45, 7) is 3.09. The fourth-order valence-electron chi connectivity index (χ4n) is 0.895. The summed E-state index contributed by atoms with van der Waals surface area (Å²) >= 11 is 5.19. The molecule has 2 amide bonds. The second kappa shape index (κ2) is 7.34. The van der Waals surface area contributed by atoms with Crippen LogP contribution in [0.5, 0.6) is 0 Å². The molecule has 0 atom stereocenters. The molecule has 6 heteroatoms. The van der Waals surface area contributed by atoms with Crippen molar-refractivity contribution in [2.75, 3.05) is 33.8 Å². The van der Waals surface area contributed by atoms with Gasteiger partial charge in [-0.25, -0.2) is 4.79 Å². The van der Waals surface area contributed by atoms with Gasteiger partial charge in [0.15, 0.2) is 0 Å². The highest BCUT2D eigenvalue weighted by atomic mass is 35.5. The molecule has 0 rings (SSSR count). The van der Waals surface area contributed by atoms with Crippen molar-refractivity contribution >= 4 is 23.1 Å². The van der Waals surface area contributed by atoms with Crippen molar-refractivity contribution in [2.24, 2.45) is 0 Å². The zero-order valence-electron chi connectivity index (χ0n) is 9.33. The first-order chi connectivity index (χ1) is 6.99. The van der Waals surface area contributed by atoms with Crippen molar-refractivity contribution in [2.45, 2.75) is 13.3 Å². The quantitative estimate of drug-likeness (QED) is 0.540. The molecule has 0 saturated carbocycles. The molecule has 0 heterocycles. The number of likely N-dealkylation sites (N-methyl/N-ethyl adjacent to an activating group) is 1. The van der Waals surface area contributed by atoms with Gasteiger partial charge in [0.1, 0.15) is 6.61 Å². The maximum atomic E-state index is 11.3. The van der Waals surface area contributed by atoms with Crippen LogP contribution in [-0.2, 0) is 4.74 Å². The van der Waals surface area contributed by atoms with Gasteiger partial charge in [0, 0.05) is 20.6 Å². The molecule has 15 heavy (non-hydrogen) atoms. The molecule has 0 aliphatic heterocycles. The minimum Gasteiger partial charge on any atom is -0.448 e. The summed E-state index contributed by atoms with van der Waals surface area (Å²) < 4.78 is 4.91. The Bertz CT molecular complexity index is 223. The Morgan fingerprint density at radius 2 is 1.80 bits per heavy atom. The van der Waals surface area contributed by atoms with E-state index in [1.807, 2.05) is 6.92 Å². The summed E-state index contributed by atoms with van der Waals surface area (Å²) in [7, 11) is 3.21. The van der Waals surface area contributed by atoms with Gasteiger partial charge in [0.05, 0.1) is 6.54 Å². The fraction of sp³-hybridized carbons (Fsp3) is 0.778. The average Bonchev–Trinajstić information content (AvgIpc) is 2.17. The van der Waals surface area contributed by atoms with E-state index in [1.54, 1.807) is 14.1 Å². The molecule has 0 aliphatic rings. The van der Waals surface area contributed by atoms with E-state index < -0.39 is 5.37 Å². The van der Waals surface area contributed by atoms with Gasteiger partial charge in [-0.1, -0.05) is 6.92 Å². The van der Waals surface area contributed by atoms with Gasteiger partial charge in [-0.15, -0.1) is 0 Å². The van der Waals surface area contributed by atoms with Crippen molar-refractivity contribution < 1.29 is 14.3 Å².